The molecule has 1 aromatic carbocycles. The molecule has 0 amide bonds. The monoisotopic (exact) mass is 245 g/mol. The van der Waals surface area contributed by atoms with Crippen LogP contribution in [0.1, 0.15) is 16.8 Å². The van der Waals surface area contributed by atoms with Crippen molar-refractivity contribution in [3.8, 4) is 0 Å². The molecule has 0 N–H and O–H groups in total. The summed E-state index contributed by atoms with van der Waals surface area (Å²) in [7, 11) is 0. The van der Waals surface area contributed by atoms with Crippen LogP contribution in [0.3, 0.4) is 0 Å². The number of aromatic nitrogens is 2. The van der Waals surface area contributed by atoms with Gasteiger partial charge in [0.25, 0.3) is 0 Å². The highest BCUT2D eigenvalue weighted by Crippen LogP contribution is 2.22. The first-order chi connectivity index (χ1) is 8.31. The molecule has 4 heteroatoms. The lowest BCUT2D eigenvalue weighted by Crippen LogP contribution is -2.15. The third-order valence-corrected chi connectivity index (χ3v) is 3.12. The van der Waals surface area contributed by atoms with Gasteiger partial charge in [0.2, 0.25) is 5.28 Å². The van der Waals surface area contributed by atoms with E-state index >= 15 is 0 Å². The molecule has 1 aromatic heterocycles. The molecular formula is C13H12ClN3. The van der Waals surface area contributed by atoms with Crippen molar-refractivity contribution in [1.29, 1.82) is 0 Å². The summed E-state index contributed by atoms with van der Waals surface area (Å²) in [5.74, 6) is 0. The zero-order chi connectivity index (χ0) is 11.7. The number of nitrogens with zero attached hydrogens (tertiary/aromatic N) is 3. The number of hydrogen-bond donors (Lipinski definition) is 0. The lowest BCUT2D eigenvalue weighted by Gasteiger charge is -2.13. The molecule has 2 aromatic rings. The smallest absolute Gasteiger partial charge is 0.222 e. The van der Waals surface area contributed by atoms with Gasteiger partial charge in [-0.1, -0.05) is 30.3 Å². The average Bonchev–Trinajstić information content (AvgIpc) is 2.71. The van der Waals surface area contributed by atoms with Gasteiger partial charge in [0.15, 0.2) is 0 Å². The van der Waals surface area contributed by atoms with Crippen molar-refractivity contribution in [1.82, 2.24) is 14.9 Å². The molecule has 86 valence electrons. The first kappa shape index (κ1) is 10.7. The summed E-state index contributed by atoms with van der Waals surface area (Å²) in [5, 5.41) is 0.338. The summed E-state index contributed by atoms with van der Waals surface area (Å²) in [5.41, 5.74) is 3.56. The summed E-state index contributed by atoms with van der Waals surface area (Å²) < 4.78 is 0. The van der Waals surface area contributed by atoms with Crippen LogP contribution in [0.5, 0.6) is 0 Å². The highest BCUT2D eigenvalue weighted by Gasteiger charge is 2.20. The van der Waals surface area contributed by atoms with E-state index in [4.69, 9.17) is 11.6 Å². The second kappa shape index (κ2) is 4.43. The highest BCUT2D eigenvalue weighted by molar-refractivity contribution is 6.28. The SMILES string of the molecule is Clc1ncc2c(n1)CN(Cc1ccccc1)C2. The van der Waals surface area contributed by atoms with Crippen LogP contribution in [0, 0.1) is 0 Å². The van der Waals surface area contributed by atoms with Gasteiger partial charge in [0, 0.05) is 31.4 Å². The van der Waals surface area contributed by atoms with Crippen LogP contribution in [0.4, 0.5) is 0 Å². The Morgan fingerprint density at radius 2 is 2.00 bits per heavy atom. The minimum atomic E-state index is 0.338. The molecule has 0 saturated heterocycles. The van der Waals surface area contributed by atoms with Gasteiger partial charge >= 0.3 is 0 Å². The molecule has 3 nitrogen and oxygen atoms in total. The first-order valence-electron chi connectivity index (χ1n) is 5.58. The van der Waals surface area contributed by atoms with Crippen molar-refractivity contribution in [2.45, 2.75) is 19.6 Å². The van der Waals surface area contributed by atoms with Crippen molar-refractivity contribution in [2.24, 2.45) is 0 Å². The average molecular weight is 246 g/mol. The minimum Gasteiger partial charge on any atom is -0.289 e. The third kappa shape index (κ3) is 2.30. The fraction of sp³-hybridized carbons (Fsp3) is 0.231. The molecule has 0 unspecified atom stereocenters. The normalized spacial score (nSPS) is 14.9. The van der Waals surface area contributed by atoms with Gasteiger partial charge in [-0.3, -0.25) is 4.90 Å². The lowest BCUT2D eigenvalue weighted by atomic mass is 10.2. The van der Waals surface area contributed by atoms with Gasteiger partial charge in [-0.25, -0.2) is 9.97 Å². The Labute approximate surface area is 105 Å². The van der Waals surface area contributed by atoms with E-state index in [0.717, 1.165) is 25.3 Å². The highest BCUT2D eigenvalue weighted by atomic mass is 35.5. The maximum atomic E-state index is 5.79. The van der Waals surface area contributed by atoms with E-state index < -0.39 is 0 Å². The van der Waals surface area contributed by atoms with Crippen LogP contribution in [-0.2, 0) is 19.6 Å². The van der Waals surface area contributed by atoms with Crippen molar-refractivity contribution in [2.75, 3.05) is 0 Å². The fourth-order valence-electron chi connectivity index (χ4n) is 2.15. The van der Waals surface area contributed by atoms with E-state index in [1.165, 1.54) is 11.1 Å². The summed E-state index contributed by atoms with van der Waals surface area (Å²) >= 11 is 5.79. The standard InChI is InChI=1S/C13H12ClN3/c14-13-15-6-11-8-17(9-12(11)16-13)7-10-4-2-1-3-5-10/h1-6H,7-9H2. The van der Waals surface area contributed by atoms with E-state index in [0.29, 0.717) is 5.28 Å². The molecule has 0 radical (unpaired) electrons. The Morgan fingerprint density at radius 3 is 2.82 bits per heavy atom. The maximum absolute atomic E-state index is 5.79. The van der Waals surface area contributed by atoms with Crippen LogP contribution in [0.2, 0.25) is 5.28 Å². The molecule has 0 spiro atoms. The zero-order valence-electron chi connectivity index (χ0n) is 9.31. The van der Waals surface area contributed by atoms with Crippen molar-refractivity contribution < 1.29 is 0 Å². The number of fused-ring (bicyclic) bond motifs is 1. The zero-order valence-corrected chi connectivity index (χ0v) is 10.1. The number of hydrogen-bond acceptors (Lipinski definition) is 3. The van der Waals surface area contributed by atoms with Crippen molar-refractivity contribution in [3.63, 3.8) is 0 Å². The molecule has 0 saturated carbocycles. The molecule has 17 heavy (non-hydrogen) atoms. The predicted molar refractivity (Wildman–Crippen MR) is 66.4 cm³/mol. The van der Waals surface area contributed by atoms with Gasteiger partial charge < -0.3 is 0 Å². The summed E-state index contributed by atoms with van der Waals surface area (Å²) in [4.78, 5) is 10.6. The van der Waals surface area contributed by atoms with Crippen LogP contribution < -0.4 is 0 Å². The van der Waals surface area contributed by atoms with Gasteiger partial charge in [0.05, 0.1) is 5.69 Å². The number of rotatable bonds is 2. The number of benzene rings is 1. The van der Waals surface area contributed by atoms with E-state index in [1.807, 2.05) is 12.3 Å². The van der Waals surface area contributed by atoms with Gasteiger partial charge in [-0.15, -0.1) is 0 Å². The Morgan fingerprint density at radius 1 is 1.18 bits per heavy atom. The lowest BCUT2D eigenvalue weighted by molar-refractivity contribution is 0.274. The molecule has 0 fully saturated rings. The Kier molecular flexibility index (Phi) is 2.79. The summed E-state index contributed by atoms with van der Waals surface area (Å²) in [6, 6.07) is 10.4. The van der Waals surface area contributed by atoms with E-state index in [1.54, 1.807) is 0 Å². The summed E-state index contributed by atoms with van der Waals surface area (Å²) in [6.45, 7) is 2.70. The molecular weight excluding hydrogens is 234 g/mol. The maximum Gasteiger partial charge on any atom is 0.222 e. The largest absolute Gasteiger partial charge is 0.289 e. The van der Waals surface area contributed by atoms with Crippen LogP contribution in [0.25, 0.3) is 0 Å². The minimum absolute atomic E-state index is 0.338. The fourth-order valence-corrected chi connectivity index (χ4v) is 2.30. The molecule has 0 bridgehead atoms. The first-order valence-corrected chi connectivity index (χ1v) is 5.95. The van der Waals surface area contributed by atoms with Crippen molar-refractivity contribution in [3.05, 3.63) is 58.6 Å². The quantitative estimate of drug-likeness (QED) is 0.762. The topological polar surface area (TPSA) is 29.0 Å². The number of halogens is 1. The van der Waals surface area contributed by atoms with E-state index in [-0.39, 0.29) is 0 Å². The summed E-state index contributed by atoms with van der Waals surface area (Å²) in [6.07, 6.45) is 1.83. The van der Waals surface area contributed by atoms with E-state index in [9.17, 15) is 0 Å². The third-order valence-electron chi connectivity index (χ3n) is 2.94. The van der Waals surface area contributed by atoms with Crippen LogP contribution in [-0.4, -0.2) is 14.9 Å². The second-order valence-electron chi connectivity index (χ2n) is 4.24. The predicted octanol–water partition coefficient (Wildman–Crippen LogP) is 2.65. The van der Waals surface area contributed by atoms with Gasteiger partial charge in [-0.05, 0) is 17.2 Å². The van der Waals surface area contributed by atoms with Crippen molar-refractivity contribution >= 4 is 11.6 Å². The van der Waals surface area contributed by atoms with E-state index in [2.05, 4.69) is 39.1 Å². The second-order valence-corrected chi connectivity index (χ2v) is 4.58. The molecule has 1 aliphatic rings. The molecule has 2 heterocycles. The molecule has 0 atom stereocenters. The molecule has 1 aliphatic heterocycles. The Bertz CT molecular complexity index is 527. The van der Waals surface area contributed by atoms with Gasteiger partial charge in [0.1, 0.15) is 0 Å². The Hall–Kier alpha value is -1.45. The van der Waals surface area contributed by atoms with Gasteiger partial charge in [-0.2, -0.15) is 0 Å². The molecule has 0 aliphatic carbocycles. The van der Waals surface area contributed by atoms with Crippen LogP contribution in [0.15, 0.2) is 36.5 Å². The van der Waals surface area contributed by atoms with Crippen LogP contribution >= 0.6 is 11.6 Å². The molecule has 3 rings (SSSR count). The Balaban J connectivity index is 1.74.